The quantitative estimate of drug-likeness (QED) is 0.747. The Morgan fingerprint density at radius 1 is 1.31 bits per heavy atom. The lowest BCUT2D eigenvalue weighted by atomic mass is 10.1. The number of nitrogens with two attached hydrogens (primary N) is 1. The standard InChI is InChI=1S/C19H25N5O4.ClH/c1-27-16-10-13-14(9-12(16)11-25)21-19(22-17(13)20)24-6-4-23(5-7-24)18(26)15-3-2-8-28-15;/h9-10,15,25H,2-8,11H2,1H3,(H2,20,21,22);1H. The molecule has 9 nitrogen and oxygen atoms in total. The predicted molar refractivity (Wildman–Crippen MR) is 111 cm³/mol. The van der Waals surface area contributed by atoms with Crippen molar-refractivity contribution in [2.75, 3.05) is 50.5 Å². The highest BCUT2D eigenvalue weighted by atomic mass is 35.5. The fourth-order valence-corrected chi connectivity index (χ4v) is 3.77. The van der Waals surface area contributed by atoms with Crippen LogP contribution >= 0.6 is 12.4 Å². The molecule has 3 N–H and O–H groups in total. The van der Waals surface area contributed by atoms with Gasteiger partial charge in [-0.25, -0.2) is 4.98 Å². The normalized spacial score (nSPS) is 19.3. The van der Waals surface area contributed by atoms with Gasteiger partial charge in [-0.1, -0.05) is 0 Å². The molecule has 4 rings (SSSR count). The highest BCUT2D eigenvalue weighted by Gasteiger charge is 2.31. The molecule has 158 valence electrons. The maximum Gasteiger partial charge on any atom is 0.251 e. The number of carbonyl (C=O) groups excluding carboxylic acids is 1. The van der Waals surface area contributed by atoms with Gasteiger partial charge < -0.3 is 30.1 Å². The first-order valence-corrected chi connectivity index (χ1v) is 9.51. The minimum Gasteiger partial charge on any atom is -0.496 e. The second-order valence-electron chi connectivity index (χ2n) is 7.06. The van der Waals surface area contributed by atoms with Crippen molar-refractivity contribution >= 4 is 41.0 Å². The fourth-order valence-electron chi connectivity index (χ4n) is 3.77. The van der Waals surface area contributed by atoms with Crippen LogP contribution in [0, 0.1) is 0 Å². The average molecular weight is 424 g/mol. The van der Waals surface area contributed by atoms with Crippen molar-refractivity contribution in [1.29, 1.82) is 0 Å². The summed E-state index contributed by atoms with van der Waals surface area (Å²) in [4.78, 5) is 25.5. The highest BCUT2D eigenvalue weighted by Crippen LogP contribution is 2.29. The van der Waals surface area contributed by atoms with Gasteiger partial charge in [0.15, 0.2) is 0 Å². The van der Waals surface area contributed by atoms with Gasteiger partial charge in [-0.2, -0.15) is 4.98 Å². The van der Waals surface area contributed by atoms with Gasteiger partial charge in [0.05, 0.1) is 19.2 Å². The van der Waals surface area contributed by atoms with Gasteiger partial charge in [-0.3, -0.25) is 4.79 Å². The molecule has 1 amide bonds. The lowest BCUT2D eigenvalue weighted by molar-refractivity contribution is -0.141. The summed E-state index contributed by atoms with van der Waals surface area (Å²) >= 11 is 0. The van der Waals surface area contributed by atoms with E-state index >= 15 is 0 Å². The molecule has 0 bridgehead atoms. The van der Waals surface area contributed by atoms with Gasteiger partial charge >= 0.3 is 0 Å². The number of hydrogen-bond donors (Lipinski definition) is 2. The van der Waals surface area contributed by atoms with Crippen LogP contribution in [0.25, 0.3) is 10.9 Å². The maximum atomic E-state index is 12.5. The van der Waals surface area contributed by atoms with E-state index in [9.17, 15) is 9.90 Å². The summed E-state index contributed by atoms with van der Waals surface area (Å²) < 4.78 is 10.8. The van der Waals surface area contributed by atoms with Crippen LogP contribution in [0.4, 0.5) is 11.8 Å². The molecule has 3 heterocycles. The lowest BCUT2D eigenvalue weighted by Crippen LogP contribution is -2.51. The number of nitrogens with zero attached hydrogens (tertiary/aromatic N) is 4. The van der Waals surface area contributed by atoms with Crippen molar-refractivity contribution in [1.82, 2.24) is 14.9 Å². The number of carbonyl (C=O) groups is 1. The average Bonchev–Trinajstić information content (AvgIpc) is 3.27. The molecular formula is C19H26ClN5O4. The number of anilines is 2. The Morgan fingerprint density at radius 3 is 2.69 bits per heavy atom. The molecule has 0 aliphatic carbocycles. The molecule has 2 saturated heterocycles. The fraction of sp³-hybridized carbons (Fsp3) is 0.526. The second-order valence-corrected chi connectivity index (χ2v) is 7.06. The molecule has 10 heteroatoms. The van der Waals surface area contributed by atoms with E-state index in [0.717, 1.165) is 12.8 Å². The maximum absolute atomic E-state index is 12.5. The first-order chi connectivity index (χ1) is 13.6. The number of piperazine rings is 1. The van der Waals surface area contributed by atoms with E-state index in [1.807, 2.05) is 9.80 Å². The predicted octanol–water partition coefficient (Wildman–Crippen LogP) is 0.962. The van der Waals surface area contributed by atoms with Gasteiger partial charge in [0, 0.05) is 43.7 Å². The molecule has 29 heavy (non-hydrogen) atoms. The summed E-state index contributed by atoms with van der Waals surface area (Å²) in [7, 11) is 1.54. The SMILES string of the molecule is COc1cc2c(N)nc(N3CCN(C(=O)C4CCCO4)CC3)nc2cc1CO.Cl. The van der Waals surface area contributed by atoms with E-state index in [-0.39, 0.29) is 31.0 Å². The van der Waals surface area contributed by atoms with Crippen LogP contribution in [0.3, 0.4) is 0 Å². The lowest BCUT2D eigenvalue weighted by Gasteiger charge is -2.35. The summed E-state index contributed by atoms with van der Waals surface area (Å²) in [5, 5.41) is 10.2. The largest absolute Gasteiger partial charge is 0.496 e. The Kier molecular flexibility index (Phi) is 6.61. The zero-order valence-corrected chi connectivity index (χ0v) is 17.2. The topological polar surface area (TPSA) is 114 Å². The van der Waals surface area contributed by atoms with Crippen LogP contribution in [-0.4, -0.2) is 71.9 Å². The molecule has 1 aromatic carbocycles. The Morgan fingerprint density at radius 2 is 2.07 bits per heavy atom. The molecule has 1 aromatic heterocycles. The molecule has 2 aliphatic rings. The van der Waals surface area contributed by atoms with E-state index in [4.69, 9.17) is 15.2 Å². The smallest absolute Gasteiger partial charge is 0.251 e. The van der Waals surface area contributed by atoms with Crippen LogP contribution in [0.15, 0.2) is 12.1 Å². The Labute approximate surface area is 175 Å². The first-order valence-electron chi connectivity index (χ1n) is 9.51. The van der Waals surface area contributed by atoms with Crippen molar-refractivity contribution in [2.45, 2.75) is 25.6 Å². The number of halogens is 1. The molecule has 0 radical (unpaired) electrons. The van der Waals surface area contributed by atoms with Crippen molar-refractivity contribution in [2.24, 2.45) is 0 Å². The molecular weight excluding hydrogens is 398 g/mol. The minimum atomic E-state index is -0.286. The number of hydrogen-bond acceptors (Lipinski definition) is 8. The summed E-state index contributed by atoms with van der Waals surface area (Å²) in [5.74, 6) is 1.53. The number of aliphatic hydroxyl groups excluding tert-OH is 1. The molecule has 2 aliphatic heterocycles. The van der Waals surface area contributed by atoms with Crippen molar-refractivity contribution in [3.05, 3.63) is 17.7 Å². The number of aliphatic hydroxyl groups is 1. The third-order valence-corrected chi connectivity index (χ3v) is 5.37. The Bertz CT molecular complexity index is 883. The highest BCUT2D eigenvalue weighted by molar-refractivity contribution is 5.91. The zero-order chi connectivity index (χ0) is 19.7. The number of fused-ring (bicyclic) bond motifs is 1. The minimum absolute atomic E-state index is 0. The third kappa shape index (κ3) is 4.17. The van der Waals surface area contributed by atoms with E-state index in [2.05, 4.69) is 9.97 Å². The van der Waals surface area contributed by atoms with Crippen LogP contribution < -0.4 is 15.4 Å². The molecule has 2 fully saturated rings. The monoisotopic (exact) mass is 423 g/mol. The molecule has 0 spiro atoms. The molecule has 1 atom stereocenters. The van der Waals surface area contributed by atoms with Gasteiger partial charge in [0.1, 0.15) is 17.7 Å². The van der Waals surface area contributed by atoms with Gasteiger partial charge in [0.25, 0.3) is 5.91 Å². The van der Waals surface area contributed by atoms with Crippen LogP contribution in [0.5, 0.6) is 5.75 Å². The number of aromatic nitrogens is 2. The zero-order valence-electron chi connectivity index (χ0n) is 16.3. The van der Waals surface area contributed by atoms with Crippen molar-refractivity contribution in [3.8, 4) is 5.75 Å². The Balaban J connectivity index is 0.00000240. The summed E-state index contributed by atoms with van der Waals surface area (Å²) in [6.07, 6.45) is 1.47. The van der Waals surface area contributed by atoms with Gasteiger partial charge in [0.2, 0.25) is 5.95 Å². The van der Waals surface area contributed by atoms with E-state index < -0.39 is 0 Å². The summed E-state index contributed by atoms with van der Waals surface area (Å²) in [6, 6.07) is 3.52. The van der Waals surface area contributed by atoms with Crippen LogP contribution in [0.2, 0.25) is 0 Å². The number of nitrogen functional groups attached to an aromatic ring is 1. The number of amides is 1. The van der Waals surface area contributed by atoms with Gasteiger partial charge in [-0.15, -0.1) is 12.4 Å². The van der Waals surface area contributed by atoms with Crippen molar-refractivity contribution < 1.29 is 19.4 Å². The van der Waals surface area contributed by atoms with E-state index in [1.165, 1.54) is 0 Å². The van der Waals surface area contributed by atoms with Crippen molar-refractivity contribution in [3.63, 3.8) is 0 Å². The number of rotatable bonds is 4. The van der Waals surface area contributed by atoms with Crippen LogP contribution in [-0.2, 0) is 16.1 Å². The van der Waals surface area contributed by atoms with E-state index in [0.29, 0.717) is 66.8 Å². The molecule has 0 saturated carbocycles. The summed E-state index contributed by atoms with van der Waals surface area (Å²) in [6.45, 7) is 2.98. The van der Waals surface area contributed by atoms with Crippen LogP contribution in [0.1, 0.15) is 18.4 Å². The molecule has 1 unspecified atom stereocenters. The first kappa shape index (κ1) is 21.4. The summed E-state index contributed by atoms with van der Waals surface area (Å²) in [5.41, 5.74) is 7.46. The molecule has 2 aromatic rings. The second kappa shape index (κ2) is 8.98. The number of benzene rings is 1. The van der Waals surface area contributed by atoms with Gasteiger partial charge in [-0.05, 0) is 25.0 Å². The number of ether oxygens (including phenoxy) is 2. The third-order valence-electron chi connectivity index (χ3n) is 5.37. The Hall–Kier alpha value is -2.36. The van der Waals surface area contributed by atoms with E-state index in [1.54, 1.807) is 19.2 Å². The number of methoxy groups -OCH3 is 1.